The van der Waals surface area contributed by atoms with Gasteiger partial charge in [0.2, 0.25) is 5.91 Å². The predicted octanol–water partition coefficient (Wildman–Crippen LogP) is 1.55. The Morgan fingerprint density at radius 3 is 2.30 bits per heavy atom. The van der Waals surface area contributed by atoms with Crippen LogP contribution in [-0.2, 0) is 19.4 Å². The van der Waals surface area contributed by atoms with Gasteiger partial charge in [0, 0.05) is 11.6 Å². The summed E-state index contributed by atoms with van der Waals surface area (Å²) >= 11 is 0. The van der Waals surface area contributed by atoms with Crippen LogP contribution in [0.15, 0.2) is 18.2 Å². The van der Waals surface area contributed by atoms with Crippen molar-refractivity contribution in [2.75, 3.05) is 23.0 Å². The molecule has 1 aromatic carbocycles. The molecule has 1 aromatic rings. The molecule has 0 atom stereocenters. The summed E-state index contributed by atoms with van der Waals surface area (Å²) in [5.41, 5.74) is 2.56. The van der Waals surface area contributed by atoms with Crippen LogP contribution >= 0.6 is 0 Å². The summed E-state index contributed by atoms with van der Waals surface area (Å²) in [5.74, 6) is -1.89. The van der Waals surface area contributed by atoms with Gasteiger partial charge in [-0.3, -0.25) is 9.59 Å². The molecule has 1 aliphatic rings. The topological polar surface area (TPSA) is 91.8 Å². The average Bonchev–Trinajstić information content (AvgIpc) is 2.47. The highest BCUT2D eigenvalue weighted by Crippen LogP contribution is 2.25. The molecule has 0 saturated carbocycles. The van der Waals surface area contributed by atoms with Crippen molar-refractivity contribution in [2.45, 2.75) is 26.7 Å². The van der Waals surface area contributed by atoms with Gasteiger partial charge in [-0.2, -0.15) is 0 Å². The SMILES string of the molecule is Cc1ccc(N(CC(=O)O)C(=O)C2CCS(=O)(=O)CC2)cc1C. The summed E-state index contributed by atoms with van der Waals surface area (Å²) in [6.45, 7) is 3.41. The number of aryl methyl sites for hydroxylation is 2. The fraction of sp³-hybridized carbons (Fsp3) is 0.500. The summed E-state index contributed by atoms with van der Waals surface area (Å²) in [6.07, 6.45) is 0.504. The maximum Gasteiger partial charge on any atom is 0.323 e. The maximum atomic E-state index is 12.7. The van der Waals surface area contributed by atoms with E-state index in [4.69, 9.17) is 5.11 Å². The number of hydrogen-bond acceptors (Lipinski definition) is 4. The van der Waals surface area contributed by atoms with Crippen LogP contribution in [0.5, 0.6) is 0 Å². The van der Waals surface area contributed by atoms with Crippen molar-refractivity contribution in [3.63, 3.8) is 0 Å². The lowest BCUT2D eigenvalue weighted by atomic mass is 10.00. The van der Waals surface area contributed by atoms with Crippen LogP contribution in [-0.4, -0.2) is 43.5 Å². The van der Waals surface area contributed by atoms with Crippen molar-refractivity contribution in [2.24, 2.45) is 5.92 Å². The number of benzene rings is 1. The molecule has 0 spiro atoms. The normalized spacial score (nSPS) is 17.7. The molecule has 6 nitrogen and oxygen atoms in total. The number of sulfone groups is 1. The van der Waals surface area contributed by atoms with Crippen molar-refractivity contribution in [3.05, 3.63) is 29.3 Å². The minimum absolute atomic E-state index is 0.0166. The van der Waals surface area contributed by atoms with Gasteiger partial charge in [0.15, 0.2) is 0 Å². The Morgan fingerprint density at radius 2 is 1.78 bits per heavy atom. The molecule has 0 unspecified atom stereocenters. The van der Waals surface area contributed by atoms with E-state index in [1.807, 2.05) is 19.9 Å². The summed E-state index contributed by atoms with van der Waals surface area (Å²) < 4.78 is 23.0. The third kappa shape index (κ3) is 4.31. The number of aliphatic carboxylic acids is 1. The summed E-state index contributed by atoms with van der Waals surface area (Å²) in [5, 5.41) is 9.11. The number of carboxylic acid groups (broad SMARTS) is 1. The first kappa shape index (κ1) is 17.5. The van der Waals surface area contributed by atoms with E-state index in [1.54, 1.807) is 12.1 Å². The Hall–Kier alpha value is -1.89. The molecule has 7 heteroatoms. The summed E-state index contributed by atoms with van der Waals surface area (Å²) in [7, 11) is -3.06. The van der Waals surface area contributed by atoms with Gasteiger partial charge in [0.1, 0.15) is 16.4 Å². The lowest BCUT2D eigenvalue weighted by Crippen LogP contribution is -2.42. The van der Waals surface area contributed by atoms with Gasteiger partial charge in [0.05, 0.1) is 11.5 Å². The average molecular weight is 339 g/mol. The molecule has 1 saturated heterocycles. The largest absolute Gasteiger partial charge is 0.480 e. The van der Waals surface area contributed by atoms with Gasteiger partial charge in [-0.25, -0.2) is 8.42 Å². The van der Waals surface area contributed by atoms with Gasteiger partial charge in [-0.15, -0.1) is 0 Å². The minimum atomic E-state index is -3.06. The van der Waals surface area contributed by atoms with Crippen LogP contribution in [0, 0.1) is 19.8 Å². The lowest BCUT2D eigenvalue weighted by Gasteiger charge is -2.28. The van der Waals surface area contributed by atoms with Crippen molar-refractivity contribution in [3.8, 4) is 0 Å². The molecule has 0 radical (unpaired) electrons. The lowest BCUT2D eigenvalue weighted by molar-refractivity contribution is -0.137. The number of hydrogen-bond donors (Lipinski definition) is 1. The smallest absolute Gasteiger partial charge is 0.323 e. The molecular formula is C16H21NO5S. The van der Waals surface area contributed by atoms with E-state index >= 15 is 0 Å². The van der Waals surface area contributed by atoms with E-state index in [9.17, 15) is 18.0 Å². The van der Waals surface area contributed by atoms with Crippen molar-refractivity contribution in [1.29, 1.82) is 0 Å². The quantitative estimate of drug-likeness (QED) is 0.898. The van der Waals surface area contributed by atoms with Crippen molar-refractivity contribution < 1.29 is 23.1 Å². The summed E-state index contributed by atoms with van der Waals surface area (Å²) in [4.78, 5) is 25.1. The zero-order chi connectivity index (χ0) is 17.2. The van der Waals surface area contributed by atoms with E-state index in [0.29, 0.717) is 5.69 Å². The highest BCUT2D eigenvalue weighted by Gasteiger charge is 2.32. The minimum Gasteiger partial charge on any atom is -0.480 e. The second kappa shape index (κ2) is 6.70. The van der Waals surface area contributed by atoms with Crippen LogP contribution in [0.3, 0.4) is 0 Å². The Labute approximate surface area is 136 Å². The highest BCUT2D eigenvalue weighted by atomic mass is 32.2. The van der Waals surface area contributed by atoms with Crippen LogP contribution < -0.4 is 4.90 Å². The first-order valence-electron chi connectivity index (χ1n) is 7.50. The molecule has 126 valence electrons. The van der Waals surface area contributed by atoms with E-state index in [2.05, 4.69) is 0 Å². The van der Waals surface area contributed by atoms with Crippen molar-refractivity contribution in [1.82, 2.24) is 0 Å². The zero-order valence-electron chi connectivity index (χ0n) is 13.3. The Bertz CT molecular complexity index is 712. The first-order chi connectivity index (χ1) is 10.7. The first-order valence-corrected chi connectivity index (χ1v) is 9.32. The third-order valence-electron chi connectivity index (χ3n) is 4.27. The van der Waals surface area contributed by atoms with E-state index < -0.39 is 28.3 Å². The molecule has 1 fully saturated rings. The Morgan fingerprint density at radius 1 is 1.17 bits per heavy atom. The number of carbonyl (C=O) groups excluding carboxylic acids is 1. The highest BCUT2D eigenvalue weighted by molar-refractivity contribution is 7.91. The van der Waals surface area contributed by atoms with Crippen LogP contribution in [0.1, 0.15) is 24.0 Å². The van der Waals surface area contributed by atoms with Crippen molar-refractivity contribution >= 4 is 27.4 Å². The number of amides is 1. The van der Waals surface area contributed by atoms with Gasteiger partial charge < -0.3 is 10.0 Å². The molecule has 0 aliphatic carbocycles. The van der Waals surface area contributed by atoms with Crippen LogP contribution in [0.4, 0.5) is 5.69 Å². The molecule has 1 aliphatic heterocycles. The molecule has 0 aromatic heterocycles. The number of carbonyl (C=O) groups is 2. The second-order valence-electron chi connectivity index (χ2n) is 6.01. The van der Waals surface area contributed by atoms with Gasteiger partial charge in [-0.1, -0.05) is 6.07 Å². The number of nitrogens with zero attached hydrogens (tertiary/aromatic N) is 1. The number of anilines is 1. The van der Waals surface area contributed by atoms with E-state index in [0.717, 1.165) is 11.1 Å². The third-order valence-corrected chi connectivity index (χ3v) is 5.98. The molecule has 2 rings (SSSR count). The predicted molar refractivity (Wildman–Crippen MR) is 87.3 cm³/mol. The molecule has 1 amide bonds. The standard InChI is InChI=1S/C16H21NO5S/c1-11-3-4-14(9-12(11)2)17(10-15(18)19)16(20)13-5-7-23(21,22)8-6-13/h3-4,9,13H,5-8,10H2,1-2H3,(H,18,19). The Kier molecular flexibility index (Phi) is 5.09. The number of carboxylic acids is 1. The second-order valence-corrected chi connectivity index (χ2v) is 8.32. The zero-order valence-corrected chi connectivity index (χ0v) is 14.1. The maximum absolute atomic E-state index is 12.7. The summed E-state index contributed by atoms with van der Waals surface area (Å²) in [6, 6.07) is 5.36. The van der Waals surface area contributed by atoms with E-state index in [1.165, 1.54) is 4.90 Å². The molecule has 1 N–H and O–H groups in total. The Balaban J connectivity index is 2.25. The van der Waals surface area contributed by atoms with E-state index in [-0.39, 0.29) is 30.3 Å². The molecule has 1 heterocycles. The van der Waals surface area contributed by atoms with Gasteiger partial charge in [-0.05, 0) is 49.9 Å². The molecular weight excluding hydrogens is 318 g/mol. The van der Waals surface area contributed by atoms with Gasteiger partial charge in [0.25, 0.3) is 0 Å². The fourth-order valence-electron chi connectivity index (χ4n) is 2.68. The molecule has 0 bridgehead atoms. The van der Waals surface area contributed by atoms with Gasteiger partial charge >= 0.3 is 5.97 Å². The van der Waals surface area contributed by atoms with Crippen LogP contribution in [0.25, 0.3) is 0 Å². The molecule has 23 heavy (non-hydrogen) atoms. The fourth-order valence-corrected chi connectivity index (χ4v) is 4.17. The number of rotatable bonds is 4. The monoisotopic (exact) mass is 339 g/mol. The van der Waals surface area contributed by atoms with Crippen LogP contribution in [0.2, 0.25) is 0 Å².